The van der Waals surface area contributed by atoms with Crippen molar-refractivity contribution in [3.8, 4) is 0 Å². The van der Waals surface area contributed by atoms with Crippen LogP contribution in [0.2, 0.25) is 0 Å². The minimum atomic E-state index is -0.109. The van der Waals surface area contributed by atoms with Gasteiger partial charge in [-0.05, 0) is 0 Å². The number of carbonyl (C=O) groups is 1. The van der Waals surface area contributed by atoms with E-state index in [-0.39, 0.29) is 18.9 Å². The standard InChI is InChI=1S/C4H10NO2P/c6-2-1-4(7)5-3-8/h6H,1-3,8H2,(H,5,7). The summed E-state index contributed by atoms with van der Waals surface area (Å²) in [6, 6.07) is 0. The van der Waals surface area contributed by atoms with Crippen LogP contribution in [0.4, 0.5) is 0 Å². The fraction of sp³-hybridized carbons (Fsp3) is 0.750. The van der Waals surface area contributed by atoms with Gasteiger partial charge in [-0.15, -0.1) is 9.24 Å². The average Bonchev–Trinajstić information content (AvgIpc) is 1.68. The van der Waals surface area contributed by atoms with E-state index in [9.17, 15) is 4.79 Å². The zero-order valence-electron chi connectivity index (χ0n) is 4.55. The molecule has 3 nitrogen and oxygen atoms in total. The third-order valence-corrected chi connectivity index (χ3v) is 0.842. The molecule has 0 radical (unpaired) electrons. The summed E-state index contributed by atoms with van der Waals surface area (Å²) in [5, 5.41) is 10.7. The predicted molar refractivity (Wildman–Crippen MR) is 34.4 cm³/mol. The SMILES string of the molecule is O=C(CCO)NCP. The molecule has 4 heteroatoms. The van der Waals surface area contributed by atoms with Crippen molar-refractivity contribution in [2.75, 3.05) is 12.9 Å². The van der Waals surface area contributed by atoms with Crippen LogP contribution in [0.3, 0.4) is 0 Å². The maximum atomic E-state index is 10.4. The van der Waals surface area contributed by atoms with Crippen molar-refractivity contribution in [2.45, 2.75) is 6.42 Å². The second kappa shape index (κ2) is 5.01. The average molecular weight is 135 g/mol. The Hall–Kier alpha value is -0.140. The lowest BCUT2D eigenvalue weighted by atomic mass is 10.4. The summed E-state index contributed by atoms with van der Waals surface area (Å²) < 4.78 is 0. The molecule has 0 heterocycles. The summed E-state index contributed by atoms with van der Waals surface area (Å²) in [4.78, 5) is 10.4. The maximum absolute atomic E-state index is 10.4. The van der Waals surface area contributed by atoms with E-state index in [1.807, 2.05) is 0 Å². The number of carbonyl (C=O) groups excluding carboxylic acids is 1. The Kier molecular flexibility index (Phi) is 4.92. The van der Waals surface area contributed by atoms with Crippen molar-refractivity contribution >= 4 is 15.1 Å². The lowest BCUT2D eigenvalue weighted by Crippen LogP contribution is -2.21. The van der Waals surface area contributed by atoms with Gasteiger partial charge in [0, 0.05) is 12.7 Å². The van der Waals surface area contributed by atoms with E-state index in [0.717, 1.165) is 0 Å². The number of nitrogens with one attached hydrogen (secondary N) is 1. The van der Waals surface area contributed by atoms with E-state index >= 15 is 0 Å². The van der Waals surface area contributed by atoms with E-state index < -0.39 is 0 Å². The monoisotopic (exact) mass is 135 g/mol. The Morgan fingerprint density at radius 2 is 2.38 bits per heavy atom. The molecule has 1 atom stereocenters. The highest BCUT2D eigenvalue weighted by Gasteiger charge is 1.93. The van der Waals surface area contributed by atoms with Gasteiger partial charge in [-0.25, -0.2) is 0 Å². The molecule has 0 aromatic carbocycles. The molecule has 1 amide bonds. The first kappa shape index (κ1) is 7.86. The van der Waals surface area contributed by atoms with Crippen molar-refractivity contribution < 1.29 is 9.90 Å². The number of rotatable bonds is 3. The van der Waals surface area contributed by atoms with Crippen molar-refractivity contribution in [3.05, 3.63) is 0 Å². The van der Waals surface area contributed by atoms with Crippen LogP contribution < -0.4 is 5.32 Å². The number of amides is 1. The van der Waals surface area contributed by atoms with Gasteiger partial charge >= 0.3 is 0 Å². The number of hydrogen-bond donors (Lipinski definition) is 2. The van der Waals surface area contributed by atoms with Crippen LogP contribution in [0.25, 0.3) is 0 Å². The van der Waals surface area contributed by atoms with Crippen LogP contribution in [0.5, 0.6) is 0 Å². The molecule has 0 saturated heterocycles. The Morgan fingerprint density at radius 1 is 1.75 bits per heavy atom. The Morgan fingerprint density at radius 3 is 2.75 bits per heavy atom. The van der Waals surface area contributed by atoms with Crippen LogP contribution in [-0.4, -0.2) is 23.9 Å². The van der Waals surface area contributed by atoms with Gasteiger partial charge < -0.3 is 10.4 Å². The minimum Gasteiger partial charge on any atom is -0.396 e. The van der Waals surface area contributed by atoms with Gasteiger partial charge in [0.25, 0.3) is 0 Å². The number of aliphatic hydroxyl groups is 1. The van der Waals surface area contributed by atoms with Gasteiger partial charge in [0.1, 0.15) is 0 Å². The molecule has 0 aliphatic heterocycles. The molecule has 0 aliphatic rings. The van der Waals surface area contributed by atoms with Crippen molar-refractivity contribution in [1.29, 1.82) is 0 Å². The van der Waals surface area contributed by atoms with Crippen LogP contribution in [0.1, 0.15) is 6.42 Å². The molecule has 0 spiro atoms. The zero-order valence-corrected chi connectivity index (χ0v) is 5.71. The van der Waals surface area contributed by atoms with Crippen molar-refractivity contribution in [2.24, 2.45) is 0 Å². The normalized spacial score (nSPS) is 8.75. The van der Waals surface area contributed by atoms with Crippen LogP contribution in [0, 0.1) is 0 Å². The van der Waals surface area contributed by atoms with Gasteiger partial charge in [-0.2, -0.15) is 0 Å². The van der Waals surface area contributed by atoms with E-state index in [2.05, 4.69) is 14.6 Å². The van der Waals surface area contributed by atoms with E-state index in [0.29, 0.717) is 6.29 Å². The van der Waals surface area contributed by atoms with Crippen molar-refractivity contribution in [3.63, 3.8) is 0 Å². The first-order valence-corrected chi connectivity index (χ1v) is 3.20. The summed E-state index contributed by atoms with van der Waals surface area (Å²) in [6.07, 6.45) is 0.757. The van der Waals surface area contributed by atoms with Gasteiger partial charge in [0.15, 0.2) is 0 Å². The smallest absolute Gasteiger partial charge is 0.222 e. The molecular formula is C4H10NO2P. The highest BCUT2D eigenvalue weighted by molar-refractivity contribution is 7.16. The molecule has 8 heavy (non-hydrogen) atoms. The van der Waals surface area contributed by atoms with Crippen LogP contribution in [0.15, 0.2) is 0 Å². The molecule has 0 aromatic heterocycles. The summed E-state index contributed by atoms with van der Waals surface area (Å²) in [7, 11) is 2.36. The molecule has 0 saturated carbocycles. The van der Waals surface area contributed by atoms with E-state index in [1.165, 1.54) is 0 Å². The van der Waals surface area contributed by atoms with Gasteiger partial charge in [0.05, 0.1) is 6.61 Å². The first-order valence-electron chi connectivity index (χ1n) is 2.39. The third-order valence-electron chi connectivity index (χ3n) is 0.638. The fourth-order valence-corrected chi connectivity index (χ4v) is 0.531. The summed E-state index contributed by atoms with van der Waals surface area (Å²) in [5.74, 6) is -0.109. The van der Waals surface area contributed by atoms with Gasteiger partial charge in [-0.1, -0.05) is 0 Å². The Balaban J connectivity index is 3.06. The molecule has 0 aliphatic carbocycles. The Labute approximate surface area is 50.7 Å². The van der Waals surface area contributed by atoms with E-state index in [1.54, 1.807) is 0 Å². The predicted octanol–water partition coefficient (Wildman–Crippen LogP) is -0.682. The maximum Gasteiger partial charge on any atom is 0.222 e. The molecule has 0 fully saturated rings. The quantitative estimate of drug-likeness (QED) is 0.503. The first-order chi connectivity index (χ1) is 3.81. The Bertz CT molecular complexity index is 68.4. The molecule has 0 aromatic rings. The zero-order chi connectivity index (χ0) is 6.41. The lowest BCUT2D eigenvalue weighted by molar-refractivity contribution is -0.121. The number of aliphatic hydroxyl groups excluding tert-OH is 1. The highest BCUT2D eigenvalue weighted by atomic mass is 31.0. The molecule has 2 N–H and O–H groups in total. The second-order valence-corrected chi connectivity index (χ2v) is 1.69. The second-order valence-electron chi connectivity index (χ2n) is 1.28. The minimum absolute atomic E-state index is 0.0729. The summed E-state index contributed by atoms with van der Waals surface area (Å²) in [5.41, 5.74) is 0. The number of hydrogen-bond acceptors (Lipinski definition) is 2. The highest BCUT2D eigenvalue weighted by Crippen LogP contribution is 1.78. The van der Waals surface area contributed by atoms with Crippen LogP contribution >= 0.6 is 9.24 Å². The molecular weight excluding hydrogens is 125 g/mol. The summed E-state index contributed by atoms with van der Waals surface area (Å²) in [6.45, 7) is -0.0729. The third kappa shape index (κ3) is 4.03. The molecule has 0 bridgehead atoms. The van der Waals surface area contributed by atoms with Gasteiger partial charge in [-0.3, -0.25) is 4.79 Å². The molecule has 0 rings (SSSR count). The van der Waals surface area contributed by atoms with Crippen molar-refractivity contribution in [1.82, 2.24) is 5.32 Å². The van der Waals surface area contributed by atoms with Gasteiger partial charge in [0.2, 0.25) is 5.91 Å². The molecule has 48 valence electrons. The lowest BCUT2D eigenvalue weighted by Gasteiger charge is -1.96. The summed E-state index contributed by atoms with van der Waals surface area (Å²) >= 11 is 0. The van der Waals surface area contributed by atoms with Crippen LogP contribution in [-0.2, 0) is 4.79 Å². The topological polar surface area (TPSA) is 49.3 Å². The largest absolute Gasteiger partial charge is 0.396 e. The fourth-order valence-electron chi connectivity index (χ4n) is 0.304. The van der Waals surface area contributed by atoms with E-state index in [4.69, 9.17) is 5.11 Å². The molecule has 1 unspecified atom stereocenters.